The van der Waals surface area contributed by atoms with Gasteiger partial charge in [0.15, 0.2) is 0 Å². The van der Waals surface area contributed by atoms with E-state index in [4.69, 9.17) is 16.3 Å². The molecule has 1 nitrogen and oxygen atoms in total. The lowest BCUT2D eigenvalue weighted by atomic mass is 10.1. The lowest BCUT2D eigenvalue weighted by molar-refractivity contribution is 0.0588. The number of rotatable bonds is 2. The molecule has 2 unspecified atom stereocenters. The molecule has 1 aromatic rings. The van der Waals surface area contributed by atoms with Crippen LogP contribution in [0.15, 0.2) is 18.2 Å². The Hall–Kier alpha value is -0.120. The van der Waals surface area contributed by atoms with Gasteiger partial charge in [-0.05, 0) is 30.5 Å². The summed E-state index contributed by atoms with van der Waals surface area (Å²) in [5, 5.41) is 1.01. The van der Waals surface area contributed by atoms with Crippen LogP contribution in [0.2, 0.25) is 5.02 Å². The fourth-order valence-electron chi connectivity index (χ4n) is 1.78. The van der Waals surface area contributed by atoms with Crippen LogP contribution in [0.25, 0.3) is 0 Å². The van der Waals surface area contributed by atoms with Gasteiger partial charge >= 0.3 is 0 Å². The minimum atomic E-state index is -0.379. The van der Waals surface area contributed by atoms with Gasteiger partial charge in [0.05, 0.1) is 17.2 Å². The van der Waals surface area contributed by atoms with E-state index in [0.717, 1.165) is 23.7 Å². The van der Waals surface area contributed by atoms with Crippen molar-refractivity contribution in [3.8, 4) is 0 Å². The highest BCUT2D eigenvalue weighted by Gasteiger charge is 2.25. The van der Waals surface area contributed by atoms with Crippen molar-refractivity contribution in [1.29, 1.82) is 0 Å². The average molecular weight is 294 g/mol. The van der Waals surface area contributed by atoms with Crippen LogP contribution in [-0.4, -0.2) is 11.4 Å². The molecule has 0 spiro atoms. The summed E-state index contributed by atoms with van der Waals surface area (Å²) in [7, 11) is 0. The Morgan fingerprint density at radius 3 is 2.87 bits per heavy atom. The van der Waals surface area contributed by atoms with Gasteiger partial charge in [-0.2, -0.15) is 0 Å². The standard InChI is InChI=1S/C11H11BrClFO/c12-6-8-2-4-11(15-8)7-1-3-10(14)9(13)5-7/h1,3,5,8,11H,2,4,6H2. The Morgan fingerprint density at radius 2 is 2.27 bits per heavy atom. The predicted molar refractivity (Wildman–Crippen MR) is 62.1 cm³/mol. The number of hydrogen-bond acceptors (Lipinski definition) is 1. The van der Waals surface area contributed by atoms with E-state index in [0.29, 0.717) is 0 Å². The fourth-order valence-corrected chi connectivity index (χ4v) is 2.44. The Balaban J connectivity index is 2.13. The van der Waals surface area contributed by atoms with Crippen LogP contribution in [0.1, 0.15) is 24.5 Å². The molecule has 2 rings (SSSR count). The van der Waals surface area contributed by atoms with E-state index in [1.54, 1.807) is 12.1 Å². The van der Waals surface area contributed by atoms with Crippen LogP contribution in [0.4, 0.5) is 4.39 Å². The number of halogens is 3. The highest BCUT2D eigenvalue weighted by Crippen LogP contribution is 2.34. The van der Waals surface area contributed by atoms with E-state index in [1.807, 2.05) is 0 Å². The van der Waals surface area contributed by atoms with Gasteiger partial charge < -0.3 is 4.74 Å². The molecule has 0 aliphatic carbocycles. The van der Waals surface area contributed by atoms with Gasteiger partial charge in [0.25, 0.3) is 0 Å². The minimum Gasteiger partial charge on any atom is -0.369 e. The lowest BCUT2D eigenvalue weighted by Gasteiger charge is -2.12. The molecule has 1 fully saturated rings. The number of hydrogen-bond donors (Lipinski definition) is 0. The second kappa shape index (κ2) is 4.81. The van der Waals surface area contributed by atoms with Gasteiger partial charge in [0, 0.05) is 5.33 Å². The molecule has 1 heterocycles. The first-order valence-electron chi connectivity index (χ1n) is 4.87. The van der Waals surface area contributed by atoms with Gasteiger partial charge in [-0.15, -0.1) is 0 Å². The van der Waals surface area contributed by atoms with E-state index < -0.39 is 0 Å². The molecule has 15 heavy (non-hydrogen) atoms. The highest BCUT2D eigenvalue weighted by molar-refractivity contribution is 9.09. The zero-order chi connectivity index (χ0) is 10.8. The van der Waals surface area contributed by atoms with Crippen molar-refractivity contribution in [1.82, 2.24) is 0 Å². The molecule has 2 atom stereocenters. The third-order valence-electron chi connectivity index (χ3n) is 2.60. The molecule has 0 N–H and O–H groups in total. The van der Waals surface area contributed by atoms with Gasteiger partial charge in [-0.25, -0.2) is 4.39 Å². The molecule has 82 valence electrons. The summed E-state index contributed by atoms with van der Waals surface area (Å²) in [6, 6.07) is 4.78. The minimum absolute atomic E-state index is 0.0608. The highest BCUT2D eigenvalue weighted by atomic mass is 79.9. The smallest absolute Gasteiger partial charge is 0.141 e. The Morgan fingerprint density at radius 1 is 1.47 bits per heavy atom. The maximum atomic E-state index is 12.9. The maximum Gasteiger partial charge on any atom is 0.141 e. The molecule has 0 saturated carbocycles. The van der Waals surface area contributed by atoms with Crippen molar-refractivity contribution in [3.05, 3.63) is 34.6 Å². The molecule has 1 aliphatic rings. The van der Waals surface area contributed by atoms with E-state index in [9.17, 15) is 4.39 Å². The topological polar surface area (TPSA) is 9.23 Å². The molecule has 1 aromatic carbocycles. The first kappa shape index (κ1) is 11.4. The summed E-state index contributed by atoms with van der Waals surface area (Å²) in [6.07, 6.45) is 2.33. The number of alkyl halides is 1. The third kappa shape index (κ3) is 2.52. The van der Waals surface area contributed by atoms with E-state index in [-0.39, 0.29) is 23.0 Å². The van der Waals surface area contributed by atoms with Crippen LogP contribution < -0.4 is 0 Å². The first-order chi connectivity index (χ1) is 7.20. The summed E-state index contributed by atoms with van der Waals surface area (Å²) < 4.78 is 18.7. The molecule has 0 bridgehead atoms. The summed E-state index contributed by atoms with van der Waals surface area (Å²) in [4.78, 5) is 0. The van der Waals surface area contributed by atoms with E-state index in [2.05, 4.69) is 15.9 Å². The zero-order valence-electron chi connectivity index (χ0n) is 8.05. The predicted octanol–water partition coefficient (Wildman–Crippen LogP) is 4.09. The fraction of sp³-hybridized carbons (Fsp3) is 0.455. The Kier molecular flexibility index (Phi) is 3.65. The molecule has 1 aliphatic heterocycles. The summed E-state index contributed by atoms with van der Waals surface area (Å²) >= 11 is 9.11. The first-order valence-corrected chi connectivity index (χ1v) is 6.37. The van der Waals surface area contributed by atoms with Crippen molar-refractivity contribution in [2.45, 2.75) is 25.0 Å². The van der Waals surface area contributed by atoms with Gasteiger partial charge in [-0.3, -0.25) is 0 Å². The van der Waals surface area contributed by atoms with E-state index in [1.165, 1.54) is 6.07 Å². The van der Waals surface area contributed by atoms with Crippen LogP contribution in [-0.2, 0) is 4.74 Å². The quantitative estimate of drug-likeness (QED) is 0.746. The maximum absolute atomic E-state index is 12.9. The van der Waals surface area contributed by atoms with Gasteiger partial charge in [-0.1, -0.05) is 33.6 Å². The SMILES string of the molecule is Fc1ccc(C2CCC(CBr)O2)cc1Cl. The summed E-state index contributed by atoms with van der Waals surface area (Å²) in [5.74, 6) is -0.379. The molecule has 4 heteroatoms. The molecule has 1 saturated heterocycles. The van der Waals surface area contributed by atoms with Crippen LogP contribution in [0, 0.1) is 5.82 Å². The Bertz CT molecular complexity index is 358. The molecular weight excluding hydrogens is 282 g/mol. The lowest BCUT2D eigenvalue weighted by Crippen LogP contribution is -2.07. The molecule has 0 aromatic heterocycles. The van der Waals surface area contributed by atoms with E-state index >= 15 is 0 Å². The van der Waals surface area contributed by atoms with Crippen molar-refractivity contribution < 1.29 is 9.13 Å². The Labute approximate surface area is 102 Å². The third-order valence-corrected chi connectivity index (χ3v) is 3.61. The molecule has 0 radical (unpaired) electrons. The van der Waals surface area contributed by atoms with Crippen molar-refractivity contribution >= 4 is 27.5 Å². The van der Waals surface area contributed by atoms with Gasteiger partial charge in [0.1, 0.15) is 5.82 Å². The van der Waals surface area contributed by atoms with Crippen molar-refractivity contribution in [2.24, 2.45) is 0 Å². The number of benzene rings is 1. The van der Waals surface area contributed by atoms with Gasteiger partial charge in [0.2, 0.25) is 0 Å². The van der Waals surface area contributed by atoms with Crippen molar-refractivity contribution in [3.63, 3.8) is 0 Å². The molecular formula is C11H11BrClFO. The van der Waals surface area contributed by atoms with Crippen LogP contribution in [0.5, 0.6) is 0 Å². The van der Waals surface area contributed by atoms with Crippen LogP contribution in [0.3, 0.4) is 0 Å². The monoisotopic (exact) mass is 292 g/mol. The number of ether oxygens (including phenoxy) is 1. The summed E-state index contributed by atoms with van der Waals surface area (Å²) in [5.41, 5.74) is 0.963. The average Bonchev–Trinajstić information content (AvgIpc) is 2.70. The second-order valence-corrected chi connectivity index (χ2v) is 4.71. The van der Waals surface area contributed by atoms with Crippen molar-refractivity contribution in [2.75, 3.05) is 5.33 Å². The zero-order valence-corrected chi connectivity index (χ0v) is 10.4. The largest absolute Gasteiger partial charge is 0.369 e. The normalized spacial score (nSPS) is 25.8. The summed E-state index contributed by atoms with van der Waals surface area (Å²) in [6.45, 7) is 0. The van der Waals surface area contributed by atoms with Crippen LogP contribution >= 0.6 is 27.5 Å². The second-order valence-electron chi connectivity index (χ2n) is 3.65. The molecule has 0 amide bonds.